The molecule has 2 aromatic rings. The lowest BCUT2D eigenvalue weighted by atomic mass is 10.1. The molecule has 0 aliphatic carbocycles. The van der Waals surface area contributed by atoms with Crippen molar-refractivity contribution in [2.75, 3.05) is 62.2 Å². The van der Waals surface area contributed by atoms with Crippen molar-refractivity contribution in [3.05, 3.63) is 59.7 Å². The molecule has 0 aromatic heterocycles. The summed E-state index contributed by atoms with van der Waals surface area (Å²) in [6, 6.07) is 12.7. The Bertz CT molecular complexity index is 990. The number of amides is 1. The number of rotatable bonds is 4. The van der Waals surface area contributed by atoms with Crippen LogP contribution in [0, 0.1) is 23.0 Å². The zero-order valence-corrected chi connectivity index (χ0v) is 18.2. The molecule has 2 aliphatic heterocycles. The lowest BCUT2D eigenvalue weighted by molar-refractivity contribution is -0.136. The van der Waals surface area contributed by atoms with Crippen LogP contribution in [-0.4, -0.2) is 74.1 Å². The molecule has 4 rings (SSSR count). The van der Waals surface area contributed by atoms with Crippen LogP contribution < -0.4 is 9.80 Å². The molecule has 2 aromatic carbocycles. The van der Waals surface area contributed by atoms with Crippen molar-refractivity contribution in [2.24, 2.45) is 0 Å². The van der Waals surface area contributed by atoms with Crippen molar-refractivity contribution >= 4 is 17.3 Å². The number of benzene rings is 2. The van der Waals surface area contributed by atoms with Gasteiger partial charge in [-0.05, 0) is 49.4 Å². The largest absolute Gasteiger partial charge is 0.369 e. The van der Waals surface area contributed by atoms with E-state index in [9.17, 15) is 13.6 Å². The van der Waals surface area contributed by atoms with E-state index in [1.54, 1.807) is 24.3 Å². The van der Waals surface area contributed by atoms with E-state index in [-0.39, 0.29) is 17.8 Å². The molecule has 0 spiro atoms. The second kappa shape index (κ2) is 9.53. The van der Waals surface area contributed by atoms with Crippen LogP contribution in [0.1, 0.15) is 12.5 Å². The Kier molecular flexibility index (Phi) is 6.56. The first-order valence-corrected chi connectivity index (χ1v) is 10.9. The third-order valence-electron chi connectivity index (χ3n) is 6.42. The van der Waals surface area contributed by atoms with E-state index in [1.165, 1.54) is 18.2 Å². The van der Waals surface area contributed by atoms with Crippen molar-refractivity contribution in [2.45, 2.75) is 13.0 Å². The first-order valence-electron chi connectivity index (χ1n) is 10.9. The van der Waals surface area contributed by atoms with Crippen LogP contribution in [0.4, 0.5) is 20.2 Å². The topological polar surface area (TPSA) is 53.8 Å². The molecule has 32 heavy (non-hydrogen) atoms. The Morgan fingerprint density at radius 2 is 1.53 bits per heavy atom. The highest BCUT2D eigenvalue weighted by Crippen LogP contribution is 2.23. The summed E-state index contributed by atoms with van der Waals surface area (Å²) < 4.78 is 27.5. The Labute approximate surface area is 187 Å². The van der Waals surface area contributed by atoms with Crippen LogP contribution in [0.5, 0.6) is 0 Å². The van der Waals surface area contributed by atoms with E-state index in [0.29, 0.717) is 37.4 Å². The smallest absolute Gasteiger partial charge is 0.239 e. The molecular weight excluding hydrogens is 412 g/mol. The second-order valence-corrected chi connectivity index (χ2v) is 8.27. The molecule has 1 amide bonds. The molecule has 168 valence electrons. The molecule has 1 atom stereocenters. The van der Waals surface area contributed by atoms with Gasteiger partial charge in [0, 0.05) is 58.0 Å². The summed E-state index contributed by atoms with van der Waals surface area (Å²) in [5, 5.41) is 8.91. The lowest BCUT2D eigenvalue weighted by Crippen LogP contribution is -2.57. The Morgan fingerprint density at radius 3 is 2.12 bits per heavy atom. The maximum absolute atomic E-state index is 14.3. The fourth-order valence-electron chi connectivity index (χ4n) is 4.44. The van der Waals surface area contributed by atoms with E-state index < -0.39 is 5.82 Å². The standard InChI is InChI=1S/C24H27F2N5O/c1-18(28-8-10-29(11-9-28)21-5-3-20(25)4-6-21)24(32)31-14-12-30(13-15-31)23-7-2-19(17-27)16-22(23)26/h2-7,16,18H,8-15H2,1H3. The van der Waals surface area contributed by atoms with Crippen LogP contribution in [0.25, 0.3) is 0 Å². The van der Waals surface area contributed by atoms with Crippen molar-refractivity contribution in [1.29, 1.82) is 5.26 Å². The fraction of sp³-hybridized carbons (Fsp3) is 0.417. The summed E-state index contributed by atoms with van der Waals surface area (Å²) in [5.41, 5.74) is 1.77. The van der Waals surface area contributed by atoms with Crippen LogP contribution in [0.3, 0.4) is 0 Å². The van der Waals surface area contributed by atoms with Gasteiger partial charge in [-0.15, -0.1) is 0 Å². The maximum Gasteiger partial charge on any atom is 0.239 e. The van der Waals surface area contributed by atoms with Crippen LogP contribution in [0.15, 0.2) is 42.5 Å². The molecule has 0 radical (unpaired) electrons. The van der Waals surface area contributed by atoms with Gasteiger partial charge in [0.15, 0.2) is 0 Å². The van der Waals surface area contributed by atoms with Gasteiger partial charge in [-0.25, -0.2) is 8.78 Å². The molecule has 6 nitrogen and oxygen atoms in total. The van der Waals surface area contributed by atoms with E-state index in [2.05, 4.69) is 9.80 Å². The van der Waals surface area contributed by atoms with E-state index in [1.807, 2.05) is 22.8 Å². The van der Waals surface area contributed by atoms with Crippen molar-refractivity contribution in [3.63, 3.8) is 0 Å². The van der Waals surface area contributed by atoms with Crippen molar-refractivity contribution in [3.8, 4) is 6.07 Å². The van der Waals surface area contributed by atoms with E-state index >= 15 is 0 Å². The minimum Gasteiger partial charge on any atom is -0.369 e. The molecule has 8 heteroatoms. The molecule has 0 saturated carbocycles. The number of anilines is 2. The number of nitrogens with zero attached hydrogens (tertiary/aromatic N) is 5. The Morgan fingerprint density at radius 1 is 0.906 bits per heavy atom. The van der Waals surface area contributed by atoms with E-state index in [0.717, 1.165) is 31.9 Å². The number of carbonyl (C=O) groups excluding carboxylic acids is 1. The monoisotopic (exact) mass is 439 g/mol. The molecule has 2 saturated heterocycles. The van der Waals surface area contributed by atoms with Crippen LogP contribution in [0.2, 0.25) is 0 Å². The van der Waals surface area contributed by atoms with Gasteiger partial charge >= 0.3 is 0 Å². The summed E-state index contributed by atoms with van der Waals surface area (Å²) in [4.78, 5) is 21.3. The third-order valence-corrected chi connectivity index (χ3v) is 6.42. The highest BCUT2D eigenvalue weighted by Gasteiger charge is 2.31. The number of nitriles is 1. The van der Waals surface area contributed by atoms with Gasteiger partial charge in [0.1, 0.15) is 11.6 Å². The molecule has 0 bridgehead atoms. The third kappa shape index (κ3) is 4.68. The van der Waals surface area contributed by atoms with Crippen LogP contribution in [-0.2, 0) is 4.79 Å². The molecule has 0 N–H and O–H groups in total. The SMILES string of the molecule is CC(C(=O)N1CCN(c2ccc(C#N)cc2F)CC1)N1CCN(c2ccc(F)cc2)CC1. The summed E-state index contributed by atoms with van der Waals surface area (Å²) >= 11 is 0. The first-order chi connectivity index (χ1) is 15.5. The molecule has 2 fully saturated rings. The number of carbonyl (C=O) groups is 1. The predicted octanol–water partition coefficient (Wildman–Crippen LogP) is 2.70. The number of piperazine rings is 2. The lowest BCUT2D eigenvalue weighted by Gasteiger charge is -2.42. The quantitative estimate of drug-likeness (QED) is 0.733. The van der Waals surface area contributed by atoms with Crippen molar-refractivity contribution < 1.29 is 13.6 Å². The van der Waals surface area contributed by atoms with Gasteiger partial charge in [-0.2, -0.15) is 5.26 Å². The van der Waals surface area contributed by atoms with Gasteiger partial charge < -0.3 is 14.7 Å². The summed E-state index contributed by atoms with van der Waals surface area (Å²) in [5.74, 6) is -0.551. The number of hydrogen-bond acceptors (Lipinski definition) is 5. The molecule has 2 heterocycles. The average Bonchev–Trinajstić information content (AvgIpc) is 2.84. The van der Waals surface area contributed by atoms with Crippen molar-refractivity contribution in [1.82, 2.24) is 9.80 Å². The minimum absolute atomic E-state index is 0.0974. The maximum atomic E-state index is 14.3. The summed E-state index contributed by atoms with van der Waals surface area (Å²) in [6.45, 7) is 7.24. The molecule has 2 aliphatic rings. The van der Waals surface area contributed by atoms with Gasteiger partial charge in [0.05, 0.1) is 23.4 Å². The summed E-state index contributed by atoms with van der Waals surface area (Å²) in [6.07, 6.45) is 0. The van der Waals surface area contributed by atoms with Gasteiger partial charge in [0.25, 0.3) is 0 Å². The minimum atomic E-state index is -0.406. The van der Waals surface area contributed by atoms with Gasteiger partial charge in [0.2, 0.25) is 5.91 Å². The summed E-state index contributed by atoms with van der Waals surface area (Å²) in [7, 11) is 0. The predicted molar refractivity (Wildman–Crippen MR) is 120 cm³/mol. The molecular formula is C24H27F2N5O. The highest BCUT2D eigenvalue weighted by molar-refractivity contribution is 5.82. The fourth-order valence-corrected chi connectivity index (χ4v) is 4.44. The first kappa shape index (κ1) is 22.0. The highest BCUT2D eigenvalue weighted by atomic mass is 19.1. The zero-order chi connectivity index (χ0) is 22.7. The second-order valence-electron chi connectivity index (χ2n) is 8.27. The molecule has 1 unspecified atom stereocenters. The number of halogens is 2. The van der Waals surface area contributed by atoms with Crippen LogP contribution >= 0.6 is 0 Å². The number of hydrogen-bond donors (Lipinski definition) is 0. The normalized spacial score (nSPS) is 18.4. The van der Waals surface area contributed by atoms with E-state index in [4.69, 9.17) is 5.26 Å². The Hall–Kier alpha value is -3.18. The Balaban J connectivity index is 1.29. The average molecular weight is 440 g/mol. The van der Waals surface area contributed by atoms with Gasteiger partial charge in [-0.1, -0.05) is 0 Å². The zero-order valence-electron chi connectivity index (χ0n) is 18.2. The van der Waals surface area contributed by atoms with Gasteiger partial charge in [-0.3, -0.25) is 9.69 Å².